The Hall–Kier alpha value is -0.980. The first-order valence-corrected chi connectivity index (χ1v) is 8.66. The molecule has 112 valence electrons. The Labute approximate surface area is 130 Å². The molecule has 0 spiro atoms. The van der Waals surface area contributed by atoms with Crippen molar-refractivity contribution in [2.75, 3.05) is 0 Å². The molecular formula is C15H21IO4. The van der Waals surface area contributed by atoms with Gasteiger partial charge in [0.15, 0.2) is 5.76 Å². The van der Waals surface area contributed by atoms with E-state index in [1.807, 2.05) is 10.2 Å². The van der Waals surface area contributed by atoms with Crippen molar-refractivity contribution < 1.29 is 19.1 Å². The highest BCUT2D eigenvalue weighted by molar-refractivity contribution is 14.2. The lowest BCUT2D eigenvalue weighted by molar-refractivity contribution is -0.149. The summed E-state index contributed by atoms with van der Waals surface area (Å²) in [4.78, 5) is 23.9. The number of allylic oxidation sites excluding steroid dienone is 2. The molecule has 1 aliphatic heterocycles. The molecule has 0 aromatic rings. The number of carbonyl (C=O) groups is 2. The van der Waals surface area contributed by atoms with Crippen molar-refractivity contribution in [1.29, 1.82) is 0 Å². The van der Waals surface area contributed by atoms with Crippen LogP contribution >= 0.6 is 20.7 Å². The van der Waals surface area contributed by atoms with E-state index < -0.39 is 31.6 Å². The Morgan fingerprint density at radius 3 is 1.95 bits per heavy atom. The molecule has 0 atom stereocenters. The van der Waals surface area contributed by atoms with Crippen molar-refractivity contribution in [2.24, 2.45) is 10.8 Å². The van der Waals surface area contributed by atoms with Gasteiger partial charge in [0.05, 0.1) is 10.8 Å². The van der Waals surface area contributed by atoms with E-state index in [4.69, 9.17) is 9.47 Å². The lowest BCUT2D eigenvalue weighted by atomic mass is 9.97. The Balaban J connectivity index is 2.84. The van der Waals surface area contributed by atoms with Crippen molar-refractivity contribution in [2.45, 2.75) is 41.5 Å². The number of halogens is 1. The fourth-order valence-electron chi connectivity index (χ4n) is 0.971. The monoisotopic (exact) mass is 392 g/mol. The summed E-state index contributed by atoms with van der Waals surface area (Å²) in [7, 11) is 0. The zero-order valence-electron chi connectivity index (χ0n) is 12.7. The molecule has 1 aliphatic rings. The van der Waals surface area contributed by atoms with Crippen molar-refractivity contribution >= 4 is 36.4 Å². The molecule has 5 heteroatoms. The second-order valence-corrected chi connectivity index (χ2v) is 8.83. The minimum atomic E-state index is -0.598. The Bertz CT molecular complexity index is 453. The topological polar surface area (TPSA) is 52.6 Å². The third-order valence-electron chi connectivity index (χ3n) is 2.29. The molecule has 0 aromatic heterocycles. The molecule has 0 saturated heterocycles. The third kappa shape index (κ3) is 4.85. The van der Waals surface area contributed by atoms with Gasteiger partial charge in [-0.15, -0.1) is 0 Å². The molecule has 0 radical (unpaired) electrons. The van der Waals surface area contributed by atoms with Crippen LogP contribution in [0.3, 0.4) is 0 Å². The quantitative estimate of drug-likeness (QED) is 0.532. The highest BCUT2D eigenvalue weighted by Crippen LogP contribution is 2.25. The van der Waals surface area contributed by atoms with Gasteiger partial charge in [-0.1, -0.05) is 6.08 Å². The summed E-state index contributed by atoms with van der Waals surface area (Å²) >= 11 is -0.594. The van der Waals surface area contributed by atoms with E-state index in [0.717, 1.165) is 0 Å². The number of hydrogen-bond acceptors (Lipinski definition) is 4. The highest BCUT2D eigenvalue weighted by atomic mass is 127. The van der Waals surface area contributed by atoms with Gasteiger partial charge in [-0.25, -0.2) is 0 Å². The van der Waals surface area contributed by atoms with Crippen molar-refractivity contribution in [3.63, 3.8) is 0 Å². The van der Waals surface area contributed by atoms with Crippen LogP contribution in [0.4, 0.5) is 0 Å². The molecular weight excluding hydrogens is 371 g/mol. The van der Waals surface area contributed by atoms with Gasteiger partial charge in [0.2, 0.25) is 3.69 Å². The fourth-order valence-corrected chi connectivity index (χ4v) is 2.64. The van der Waals surface area contributed by atoms with Crippen molar-refractivity contribution in [3.8, 4) is 0 Å². The van der Waals surface area contributed by atoms with Crippen LogP contribution < -0.4 is 0 Å². The molecule has 1 rings (SSSR count). The van der Waals surface area contributed by atoms with Crippen LogP contribution in [0.25, 0.3) is 0 Å². The van der Waals surface area contributed by atoms with E-state index in [2.05, 4.69) is 0 Å². The molecule has 0 amide bonds. The SMILES string of the molecule is CC(C)(C)C(=O)OC1=CC=CI=C1OC(=O)C(C)(C)C. The van der Waals surface area contributed by atoms with E-state index in [1.165, 1.54) is 0 Å². The first-order chi connectivity index (χ1) is 9.01. The summed E-state index contributed by atoms with van der Waals surface area (Å²) in [6.45, 7) is 10.7. The first-order valence-electron chi connectivity index (χ1n) is 6.34. The molecule has 0 aliphatic carbocycles. The van der Waals surface area contributed by atoms with Crippen LogP contribution in [0.5, 0.6) is 0 Å². The van der Waals surface area contributed by atoms with Gasteiger partial charge in [-0.3, -0.25) is 9.59 Å². The predicted octanol–water partition coefficient (Wildman–Crippen LogP) is 3.68. The lowest BCUT2D eigenvalue weighted by Gasteiger charge is -2.21. The number of esters is 2. The average Bonchev–Trinajstić information content (AvgIpc) is 2.29. The van der Waals surface area contributed by atoms with Gasteiger partial charge in [0.1, 0.15) is 0 Å². The summed E-state index contributed by atoms with van der Waals surface area (Å²) in [6.07, 6.45) is 3.49. The zero-order valence-corrected chi connectivity index (χ0v) is 14.9. The standard InChI is InChI=1S/C15H21IO4/c1-14(2,3)12(17)19-10-8-7-9-16-11(10)20-13(18)15(4,5)6/h7-9H,1-6H3. The van der Waals surface area contributed by atoms with E-state index in [1.54, 1.807) is 47.6 Å². The van der Waals surface area contributed by atoms with Crippen LogP contribution in [0.1, 0.15) is 41.5 Å². The third-order valence-corrected chi connectivity index (χ3v) is 4.38. The number of rotatable bonds is 2. The summed E-state index contributed by atoms with van der Waals surface area (Å²) in [5, 5.41) is 0. The molecule has 0 fully saturated rings. The second-order valence-electron chi connectivity index (χ2n) is 6.51. The highest BCUT2D eigenvalue weighted by Gasteiger charge is 2.29. The maximum Gasteiger partial charge on any atom is 0.317 e. The maximum atomic E-state index is 11.9. The van der Waals surface area contributed by atoms with Gasteiger partial charge in [-0.2, -0.15) is 0 Å². The van der Waals surface area contributed by atoms with Crippen LogP contribution in [0, 0.1) is 10.8 Å². The van der Waals surface area contributed by atoms with Gasteiger partial charge < -0.3 is 9.47 Å². The molecule has 0 bridgehead atoms. The van der Waals surface area contributed by atoms with Crippen LogP contribution in [-0.2, 0) is 19.1 Å². The molecule has 20 heavy (non-hydrogen) atoms. The van der Waals surface area contributed by atoms with Crippen LogP contribution in [0.2, 0.25) is 0 Å². The molecule has 0 unspecified atom stereocenters. The molecule has 0 N–H and O–H groups in total. The molecule has 4 nitrogen and oxygen atoms in total. The van der Waals surface area contributed by atoms with E-state index >= 15 is 0 Å². The Morgan fingerprint density at radius 1 is 0.950 bits per heavy atom. The summed E-state index contributed by atoms with van der Waals surface area (Å²) < 4.78 is 13.2. The van der Waals surface area contributed by atoms with Crippen LogP contribution in [-0.4, -0.2) is 15.6 Å². The zero-order chi connectivity index (χ0) is 15.6. The van der Waals surface area contributed by atoms with Gasteiger partial charge in [0.25, 0.3) is 0 Å². The fraction of sp³-hybridized carbons (Fsp3) is 0.533. The largest absolute Gasteiger partial charge is 0.422 e. The lowest BCUT2D eigenvalue weighted by Crippen LogP contribution is -2.29. The van der Waals surface area contributed by atoms with Gasteiger partial charge in [0, 0.05) is 0 Å². The predicted molar refractivity (Wildman–Crippen MR) is 87.3 cm³/mol. The number of ether oxygens (including phenoxy) is 2. The summed E-state index contributed by atoms with van der Waals surface area (Å²) in [6, 6.07) is 0. The van der Waals surface area contributed by atoms with Crippen molar-refractivity contribution in [3.05, 3.63) is 22.0 Å². The number of hydrogen-bond donors (Lipinski definition) is 0. The normalized spacial score (nSPS) is 15.7. The smallest absolute Gasteiger partial charge is 0.317 e. The van der Waals surface area contributed by atoms with Crippen LogP contribution in [0.15, 0.2) is 22.0 Å². The van der Waals surface area contributed by atoms with Gasteiger partial charge >= 0.3 is 11.9 Å². The molecule has 0 aromatic carbocycles. The summed E-state index contributed by atoms with van der Waals surface area (Å²) in [5.74, 6) is -0.301. The number of carbonyl (C=O) groups excluding carboxylic acids is 2. The minimum absolute atomic E-state index is 0.319. The second kappa shape index (κ2) is 6.20. The van der Waals surface area contributed by atoms with Crippen molar-refractivity contribution in [1.82, 2.24) is 0 Å². The van der Waals surface area contributed by atoms with E-state index in [0.29, 0.717) is 9.45 Å². The minimum Gasteiger partial charge on any atom is -0.422 e. The first kappa shape index (κ1) is 17.1. The average molecular weight is 392 g/mol. The summed E-state index contributed by atoms with van der Waals surface area (Å²) in [5.41, 5.74) is -1.18. The molecule has 1 heterocycles. The Kier molecular flexibility index (Phi) is 5.29. The van der Waals surface area contributed by atoms with Gasteiger partial charge in [-0.05, 0) is 72.4 Å². The van der Waals surface area contributed by atoms with E-state index in [-0.39, 0.29) is 11.9 Å². The maximum absolute atomic E-state index is 11.9. The van der Waals surface area contributed by atoms with E-state index in [9.17, 15) is 9.59 Å². The Morgan fingerprint density at radius 2 is 1.45 bits per heavy atom. The molecule has 0 saturated carbocycles.